The highest BCUT2D eigenvalue weighted by molar-refractivity contribution is 7.87. The second kappa shape index (κ2) is 4.26. The Hall–Kier alpha value is -1.16. The van der Waals surface area contributed by atoms with Crippen molar-refractivity contribution in [1.82, 2.24) is 0 Å². The van der Waals surface area contributed by atoms with E-state index in [0.717, 1.165) is 6.07 Å². The predicted molar refractivity (Wildman–Crippen MR) is 60.4 cm³/mol. The largest absolute Gasteiger partial charge is 0.386 e. The molecule has 0 aliphatic heterocycles. The molecule has 1 aromatic rings. The van der Waals surface area contributed by atoms with Gasteiger partial charge in [-0.05, 0) is 18.6 Å². The molecule has 96 valence electrons. The molecule has 0 bridgehead atoms. The van der Waals surface area contributed by atoms with Gasteiger partial charge in [0.1, 0.15) is 9.79 Å². The van der Waals surface area contributed by atoms with Crippen molar-refractivity contribution in [3.63, 3.8) is 0 Å². The molecule has 0 amide bonds. The second-order valence-corrected chi connectivity index (χ2v) is 6.03. The molecular weight excluding hydrogens is 270 g/mol. The molecular formula is C8H11NO6S2. The molecule has 7 nitrogen and oxygen atoms in total. The van der Waals surface area contributed by atoms with Crippen molar-refractivity contribution in [2.24, 2.45) is 0 Å². The number of benzene rings is 1. The molecule has 0 radical (unpaired) electrons. The van der Waals surface area contributed by atoms with Gasteiger partial charge in [-0.25, -0.2) is 0 Å². The maximum absolute atomic E-state index is 11.2. The van der Waals surface area contributed by atoms with Gasteiger partial charge in [0, 0.05) is 7.05 Å². The summed E-state index contributed by atoms with van der Waals surface area (Å²) in [6, 6.07) is 2.22. The lowest BCUT2D eigenvalue weighted by atomic mass is 10.2. The van der Waals surface area contributed by atoms with Gasteiger partial charge >= 0.3 is 0 Å². The lowest BCUT2D eigenvalue weighted by molar-refractivity contribution is 0.481. The summed E-state index contributed by atoms with van der Waals surface area (Å²) in [4.78, 5) is -1.19. The summed E-state index contributed by atoms with van der Waals surface area (Å²) in [7, 11) is -7.90. The van der Waals surface area contributed by atoms with Gasteiger partial charge in [-0.2, -0.15) is 16.8 Å². The Morgan fingerprint density at radius 1 is 1.06 bits per heavy atom. The highest BCUT2D eigenvalue weighted by Crippen LogP contribution is 2.31. The Balaban J connectivity index is 3.85. The van der Waals surface area contributed by atoms with Gasteiger partial charge in [0.25, 0.3) is 20.2 Å². The number of hydrogen-bond donors (Lipinski definition) is 3. The SMILES string of the molecule is CNc1c(S(=O)(=O)O)ccc(C)c1S(=O)(=O)O. The van der Waals surface area contributed by atoms with Crippen LogP contribution < -0.4 is 5.32 Å². The fraction of sp³-hybridized carbons (Fsp3) is 0.250. The lowest BCUT2D eigenvalue weighted by Gasteiger charge is -2.12. The Kier molecular flexibility index (Phi) is 3.48. The van der Waals surface area contributed by atoms with Gasteiger partial charge < -0.3 is 5.32 Å². The summed E-state index contributed by atoms with van der Waals surface area (Å²) in [6.45, 7) is 1.39. The van der Waals surface area contributed by atoms with Crippen molar-refractivity contribution in [2.45, 2.75) is 16.7 Å². The molecule has 0 saturated heterocycles. The highest BCUT2D eigenvalue weighted by Gasteiger charge is 2.25. The number of nitrogens with one attached hydrogen (secondary N) is 1. The molecule has 0 fully saturated rings. The standard InChI is InChI=1S/C8H11NO6S2/c1-5-3-4-6(16(10,11)12)7(9-2)8(5)17(13,14)15/h3-4,9H,1-2H3,(H,10,11,12)(H,13,14,15). The normalized spacial score (nSPS) is 12.5. The van der Waals surface area contributed by atoms with Crippen molar-refractivity contribution in [1.29, 1.82) is 0 Å². The van der Waals surface area contributed by atoms with Crippen LogP contribution in [0.4, 0.5) is 5.69 Å². The van der Waals surface area contributed by atoms with Gasteiger partial charge in [-0.3, -0.25) is 9.11 Å². The van der Waals surface area contributed by atoms with Crippen LogP contribution in [0, 0.1) is 6.92 Å². The van der Waals surface area contributed by atoms with E-state index in [4.69, 9.17) is 9.11 Å². The average Bonchev–Trinajstić information content (AvgIpc) is 2.12. The predicted octanol–water partition coefficient (Wildman–Crippen LogP) is 0.530. The molecule has 0 aromatic heterocycles. The van der Waals surface area contributed by atoms with E-state index in [1.807, 2.05) is 0 Å². The van der Waals surface area contributed by atoms with Gasteiger partial charge in [0.05, 0.1) is 5.69 Å². The summed E-state index contributed by atoms with van der Waals surface area (Å²) in [5.74, 6) is 0. The van der Waals surface area contributed by atoms with E-state index in [1.54, 1.807) is 0 Å². The number of hydrogen-bond acceptors (Lipinski definition) is 5. The summed E-state index contributed by atoms with van der Waals surface area (Å²) in [5.41, 5.74) is -0.209. The molecule has 3 N–H and O–H groups in total. The van der Waals surface area contributed by atoms with Crippen LogP contribution in [-0.2, 0) is 20.2 Å². The molecule has 0 aliphatic rings. The molecule has 0 unspecified atom stereocenters. The minimum Gasteiger partial charge on any atom is -0.386 e. The zero-order valence-electron chi connectivity index (χ0n) is 9.00. The van der Waals surface area contributed by atoms with Crippen molar-refractivity contribution in [3.8, 4) is 0 Å². The van der Waals surface area contributed by atoms with E-state index in [2.05, 4.69) is 5.32 Å². The monoisotopic (exact) mass is 281 g/mol. The van der Waals surface area contributed by atoms with Gasteiger partial charge in [0.2, 0.25) is 0 Å². The minimum absolute atomic E-state index is 0.157. The zero-order chi connectivity index (χ0) is 13.4. The highest BCUT2D eigenvalue weighted by atomic mass is 32.2. The molecule has 9 heteroatoms. The first kappa shape index (κ1) is 13.9. The minimum atomic E-state index is -4.60. The smallest absolute Gasteiger partial charge is 0.296 e. The third-order valence-corrected chi connectivity index (χ3v) is 4.04. The second-order valence-electron chi connectivity index (χ2n) is 3.28. The third-order valence-electron chi connectivity index (χ3n) is 2.10. The van der Waals surface area contributed by atoms with Crippen molar-refractivity contribution in [2.75, 3.05) is 12.4 Å². The fourth-order valence-electron chi connectivity index (χ4n) is 1.45. The Labute approximate surface area is 99.0 Å². The quantitative estimate of drug-likeness (QED) is 0.691. The molecule has 0 aliphatic carbocycles. The molecule has 0 spiro atoms. The van der Waals surface area contributed by atoms with Crippen LogP contribution in [0.5, 0.6) is 0 Å². The first-order chi connectivity index (χ1) is 7.59. The van der Waals surface area contributed by atoms with Crippen LogP contribution in [0.25, 0.3) is 0 Å². The maximum atomic E-state index is 11.2. The van der Waals surface area contributed by atoms with E-state index in [0.29, 0.717) is 0 Å². The van der Waals surface area contributed by atoms with Crippen LogP contribution in [0.2, 0.25) is 0 Å². The van der Waals surface area contributed by atoms with Gasteiger partial charge in [0.15, 0.2) is 0 Å². The topological polar surface area (TPSA) is 121 Å². The summed E-state index contributed by atoms with van der Waals surface area (Å²) in [6.07, 6.45) is 0. The first-order valence-corrected chi connectivity index (χ1v) is 7.23. The molecule has 0 atom stereocenters. The molecule has 1 rings (SSSR count). The Morgan fingerprint density at radius 2 is 1.59 bits per heavy atom. The van der Waals surface area contributed by atoms with E-state index in [1.165, 1.54) is 20.0 Å². The van der Waals surface area contributed by atoms with E-state index >= 15 is 0 Å². The fourth-order valence-corrected chi connectivity index (χ4v) is 3.16. The van der Waals surface area contributed by atoms with Gasteiger partial charge in [-0.15, -0.1) is 0 Å². The van der Waals surface area contributed by atoms with E-state index in [9.17, 15) is 16.8 Å². The third kappa shape index (κ3) is 2.75. The Morgan fingerprint density at radius 3 is 1.94 bits per heavy atom. The Bertz CT molecular complexity index is 647. The van der Waals surface area contributed by atoms with Crippen LogP contribution in [0.15, 0.2) is 21.9 Å². The van der Waals surface area contributed by atoms with E-state index < -0.39 is 30.0 Å². The van der Waals surface area contributed by atoms with E-state index in [-0.39, 0.29) is 11.3 Å². The zero-order valence-corrected chi connectivity index (χ0v) is 10.6. The first-order valence-electron chi connectivity index (χ1n) is 4.35. The van der Waals surface area contributed by atoms with Crippen molar-refractivity contribution in [3.05, 3.63) is 17.7 Å². The van der Waals surface area contributed by atoms with Crippen LogP contribution in [-0.4, -0.2) is 33.0 Å². The van der Waals surface area contributed by atoms with Crippen LogP contribution >= 0.6 is 0 Å². The molecule has 0 saturated carbocycles. The average molecular weight is 281 g/mol. The van der Waals surface area contributed by atoms with Crippen molar-refractivity contribution < 1.29 is 25.9 Å². The summed E-state index contributed by atoms with van der Waals surface area (Å²) >= 11 is 0. The van der Waals surface area contributed by atoms with Crippen LogP contribution in [0.1, 0.15) is 5.56 Å². The van der Waals surface area contributed by atoms with Gasteiger partial charge in [-0.1, -0.05) is 6.07 Å². The van der Waals surface area contributed by atoms with Crippen molar-refractivity contribution >= 4 is 25.9 Å². The lowest BCUT2D eigenvalue weighted by Crippen LogP contribution is -2.11. The number of anilines is 1. The number of rotatable bonds is 3. The number of aryl methyl sites for hydroxylation is 1. The molecule has 1 aromatic carbocycles. The van der Waals surface area contributed by atoms with Crippen LogP contribution in [0.3, 0.4) is 0 Å². The maximum Gasteiger partial charge on any atom is 0.296 e. The summed E-state index contributed by atoms with van der Waals surface area (Å²) < 4.78 is 62.4. The molecule has 17 heavy (non-hydrogen) atoms. The summed E-state index contributed by atoms with van der Waals surface area (Å²) in [5, 5.41) is 2.34. The molecule has 0 heterocycles.